The maximum atomic E-state index is 12.3. The second-order valence-electron chi connectivity index (χ2n) is 16.5. The molecule has 4 nitrogen and oxygen atoms in total. The molecule has 0 aromatic carbocycles. The highest BCUT2D eigenvalue weighted by Gasteiger charge is 2.20. The van der Waals surface area contributed by atoms with Gasteiger partial charge in [-0.3, -0.25) is 4.79 Å². The highest BCUT2D eigenvalue weighted by atomic mass is 16.3. The Morgan fingerprint density at radius 3 is 0.882 bits per heavy atom. The lowest BCUT2D eigenvalue weighted by Gasteiger charge is -2.22. The van der Waals surface area contributed by atoms with E-state index < -0.39 is 12.1 Å². The van der Waals surface area contributed by atoms with Crippen LogP contribution in [-0.2, 0) is 4.79 Å². The maximum Gasteiger partial charge on any atom is 0.220 e. The summed E-state index contributed by atoms with van der Waals surface area (Å²) in [7, 11) is 0. The van der Waals surface area contributed by atoms with Crippen molar-refractivity contribution in [2.75, 3.05) is 6.61 Å². The molecule has 0 bridgehead atoms. The molecule has 306 valence electrons. The van der Waals surface area contributed by atoms with Gasteiger partial charge in [-0.05, 0) is 12.8 Å². The zero-order valence-electron chi connectivity index (χ0n) is 35.2. The van der Waals surface area contributed by atoms with E-state index in [1.54, 1.807) is 0 Å². The molecular formula is C47H95NO3. The van der Waals surface area contributed by atoms with Gasteiger partial charge < -0.3 is 15.5 Å². The maximum absolute atomic E-state index is 12.3. The topological polar surface area (TPSA) is 69.6 Å². The summed E-state index contributed by atoms with van der Waals surface area (Å²) in [5, 5.41) is 23.0. The van der Waals surface area contributed by atoms with Crippen LogP contribution in [0.25, 0.3) is 0 Å². The lowest BCUT2D eigenvalue weighted by molar-refractivity contribution is -0.123. The normalized spacial score (nSPS) is 12.8. The number of aliphatic hydroxyl groups excluding tert-OH is 2. The Labute approximate surface area is 321 Å². The van der Waals surface area contributed by atoms with Crippen LogP contribution in [0.2, 0.25) is 0 Å². The molecule has 0 fully saturated rings. The number of nitrogens with one attached hydrogen (secondary N) is 1. The SMILES string of the molecule is CCCCCCCCCCCCCCCCCCCCCCCCCCCCCCCCCC(=O)NC(CO)C(O)CCCCCCCCCC. The van der Waals surface area contributed by atoms with Crippen molar-refractivity contribution in [3.05, 3.63) is 0 Å². The molecule has 0 saturated heterocycles. The van der Waals surface area contributed by atoms with Gasteiger partial charge in [0.15, 0.2) is 0 Å². The first-order valence-corrected chi connectivity index (χ1v) is 23.7. The van der Waals surface area contributed by atoms with Crippen molar-refractivity contribution in [1.82, 2.24) is 5.32 Å². The van der Waals surface area contributed by atoms with Gasteiger partial charge in [-0.2, -0.15) is 0 Å². The van der Waals surface area contributed by atoms with E-state index in [0.717, 1.165) is 25.7 Å². The summed E-state index contributed by atoms with van der Waals surface area (Å²) in [5.41, 5.74) is 0. The third-order valence-electron chi connectivity index (χ3n) is 11.4. The molecule has 0 aromatic rings. The minimum absolute atomic E-state index is 0.0283. The number of aliphatic hydroxyl groups is 2. The molecule has 0 saturated carbocycles. The quantitative estimate of drug-likeness (QED) is 0.0549. The molecule has 4 heteroatoms. The van der Waals surface area contributed by atoms with Crippen molar-refractivity contribution in [2.24, 2.45) is 0 Å². The first-order valence-electron chi connectivity index (χ1n) is 23.7. The molecule has 0 spiro atoms. The molecule has 0 aromatic heterocycles. The minimum atomic E-state index is -0.651. The van der Waals surface area contributed by atoms with E-state index in [-0.39, 0.29) is 12.5 Å². The monoisotopic (exact) mass is 722 g/mol. The Balaban J connectivity index is 3.32. The average Bonchev–Trinajstić information content (AvgIpc) is 3.13. The molecule has 2 atom stereocenters. The highest BCUT2D eigenvalue weighted by molar-refractivity contribution is 5.76. The minimum Gasteiger partial charge on any atom is -0.394 e. The Bertz CT molecular complexity index is 655. The third-order valence-corrected chi connectivity index (χ3v) is 11.4. The van der Waals surface area contributed by atoms with Crippen LogP contribution in [0, 0.1) is 0 Å². The average molecular weight is 722 g/mol. The Kier molecular flexibility index (Phi) is 43.3. The number of hydrogen-bond donors (Lipinski definition) is 3. The van der Waals surface area contributed by atoms with Crippen molar-refractivity contribution in [1.29, 1.82) is 0 Å². The summed E-state index contributed by atoms with van der Waals surface area (Å²) in [6.07, 6.45) is 53.7. The fraction of sp³-hybridized carbons (Fsp3) is 0.979. The largest absolute Gasteiger partial charge is 0.394 e. The van der Waals surface area contributed by atoms with Gasteiger partial charge >= 0.3 is 0 Å². The van der Waals surface area contributed by atoms with E-state index in [0.29, 0.717) is 12.8 Å². The standard InChI is InChI=1S/C47H95NO3/c1-3-5-7-9-11-13-14-15-16-17-18-19-20-21-22-23-24-25-26-27-28-29-30-31-32-33-34-35-37-39-41-43-47(51)48-45(44-49)46(50)42-40-38-36-12-10-8-6-4-2/h45-46,49-50H,3-44H2,1-2H3,(H,48,51). The van der Waals surface area contributed by atoms with E-state index in [9.17, 15) is 15.0 Å². The zero-order valence-corrected chi connectivity index (χ0v) is 35.2. The Hall–Kier alpha value is -0.610. The Morgan fingerprint density at radius 1 is 0.392 bits per heavy atom. The predicted molar refractivity (Wildman–Crippen MR) is 226 cm³/mol. The third kappa shape index (κ3) is 40.4. The number of hydrogen-bond acceptors (Lipinski definition) is 3. The van der Waals surface area contributed by atoms with Crippen LogP contribution >= 0.6 is 0 Å². The van der Waals surface area contributed by atoms with E-state index in [1.807, 2.05) is 0 Å². The summed E-state index contributed by atoms with van der Waals surface area (Å²) in [6, 6.07) is -0.527. The zero-order chi connectivity index (χ0) is 37.1. The molecule has 0 radical (unpaired) electrons. The lowest BCUT2D eigenvalue weighted by atomic mass is 10.0. The van der Waals surface area contributed by atoms with Crippen molar-refractivity contribution < 1.29 is 15.0 Å². The molecule has 0 aliphatic rings. The van der Waals surface area contributed by atoms with Crippen molar-refractivity contribution in [2.45, 2.75) is 289 Å². The summed E-state index contributed by atoms with van der Waals surface area (Å²) in [6.45, 7) is 4.35. The van der Waals surface area contributed by atoms with Gasteiger partial charge in [0.05, 0.1) is 18.8 Å². The van der Waals surface area contributed by atoms with Gasteiger partial charge in [0.25, 0.3) is 0 Å². The molecule has 2 unspecified atom stereocenters. The first-order chi connectivity index (χ1) is 25.2. The molecule has 1 amide bonds. The van der Waals surface area contributed by atoms with Crippen LogP contribution in [0.4, 0.5) is 0 Å². The highest BCUT2D eigenvalue weighted by Crippen LogP contribution is 2.17. The smallest absolute Gasteiger partial charge is 0.220 e. The van der Waals surface area contributed by atoms with Gasteiger partial charge in [-0.25, -0.2) is 0 Å². The van der Waals surface area contributed by atoms with Crippen LogP contribution in [0.1, 0.15) is 277 Å². The number of amides is 1. The summed E-state index contributed by atoms with van der Waals surface area (Å²) in [4.78, 5) is 12.3. The van der Waals surface area contributed by atoms with E-state index in [2.05, 4.69) is 19.2 Å². The van der Waals surface area contributed by atoms with E-state index >= 15 is 0 Å². The predicted octanol–water partition coefficient (Wildman–Crippen LogP) is 14.9. The molecule has 0 rings (SSSR count). The van der Waals surface area contributed by atoms with E-state index in [4.69, 9.17) is 0 Å². The van der Waals surface area contributed by atoms with Crippen molar-refractivity contribution >= 4 is 5.91 Å². The summed E-state index contributed by atoms with van der Waals surface area (Å²) in [5.74, 6) is -0.0283. The second kappa shape index (κ2) is 43.8. The first kappa shape index (κ1) is 50.4. The van der Waals surface area contributed by atoms with Gasteiger partial charge in [0, 0.05) is 6.42 Å². The number of rotatable bonds is 44. The molecule has 51 heavy (non-hydrogen) atoms. The molecule has 0 aliphatic heterocycles. The van der Waals surface area contributed by atoms with Crippen molar-refractivity contribution in [3.63, 3.8) is 0 Å². The van der Waals surface area contributed by atoms with Gasteiger partial charge in [0.2, 0.25) is 5.91 Å². The van der Waals surface area contributed by atoms with Crippen LogP contribution in [0.3, 0.4) is 0 Å². The number of carbonyl (C=O) groups excluding carboxylic acids is 1. The molecule has 0 aliphatic carbocycles. The summed E-state index contributed by atoms with van der Waals surface area (Å²) < 4.78 is 0. The number of unbranched alkanes of at least 4 members (excludes halogenated alkanes) is 37. The summed E-state index contributed by atoms with van der Waals surface area (Å²) >= 11 is 0. The molecule has 3 N–H and O–H groups in total. The van der Waals surface area contributed by atoms with Crippen LogP contribution in [-0.4, -0.2) is 34.9 Å². The van der Waals surface area contributed by atoms with Gasteiger partial charge in [-0.1, -0.05) is 258 Å². The lowest BCUT2D eigenvalue weighted by Crippen LogP contribution is -2.45. The van der Waals surface area contributed by atoms with Gasteiger partial charge in [0.1, 0.15) is 0 Å². The van der Waals surface area contributed by atoms with E-state index in [1.165, 1.54) is 225 Å². The van der Waals surface area contributed by atoms with Crippen LogP contribution in [0.15, 0.2) is 0 Å². The second-order valence-corrected chi connectivity index (χ2v) is 16.5. The van der Waals surface area contributed by atoms with Gasteiger partial charge in [-0.15, -0.1) is 0 Å². The van der Waals surface area contributed by atoms with Crippen LogP contribution in [0.5, 0.6) is 0 Å². The Morgan fingerprint density at radius 2 is 0.627 bits per heavy atom. The number of carbonyl (C=O) groups is 1. The van der Waals surface area contributed by atoms with Crippen molar-refractivity contribution in [3.8, 4) is 0 Å². The fourth-order valence-corrected chi connectivity index (χ4v) is 7.72. The molecular weight excluding hydrogens is 627 g/mol. The fourth-order valence-electron chi connectivity index (χ4n) is 7.72. The molecule has 0 heterocycles. The van der Waals surface area contributed by atoms with Crippen LogP contribution < -0.4 is 5.32 Å².